The zero-order chi connectivity index (χ0) is 17.0. The molecule has 23 heavy (non-hydrogen) atoms. The highest BCUT2D eigenvalue weighted by Gasteiger charge is 2.14. The van der Waals surface area contributed by atoms with E-state index in [0.29, 0.717) is 23.5 Å². The van der Waals surface area contributed by atoms with E-state index in [1.54, 1.807) is 0 Å². The highest BCUT2D eigenvalue weighted by molar-refractivity contribution is 6.17. The monoisotopic (exact) mass is 339 g/mol. The summed E-state index contributed by atoms with van der Waals surface area (Å²) in [5.74, 6) is 0.610. The first-order valence-corrected chi connectivity index (χ1v) is 7.94. The number of aromatic nitrogens is 2. The van der Waals surface area contributed by atoms with Crippen LogP contribution in [-0.4, -0.2) is 19.9 Å². The Hall–Kier alpha value is -2.15. The first-order chi connectivity index (χ1) is 11.0. The molecule has 2 aromatic rings. The van der Waals surface area contributed by atoms with E-state index in [1.807, 2.05) is 0 Å². The predicted octanol–water partition coefficient (Wildman–Crippen LogP) is 2.41. The third-order valence-corrected chi connectivity index (χ3v) is 4.09. The van der Waals surface area contributed by atoms with Crippen molar-refractivity contribution < 1.29 is 4.92 Å². The fourth-order valence-electron chi connectivity index (χ4n) is 2.54. The zero-order valence-corrected chi connectivity index (χ0v) is 13.6. The maximum Gasteiger partial charge on any atom is 0.316 e. The first-order valence-electron chi connectivity index (χ1n) is 7.41. The number of benzene rings is 1. The summed E-state index contributed by atoms with van der Waals surface area (Å²) in [5, 5.41) is 10.9. The maximum atomic E-state index is 12.2. The Morgan fingerprint density at radius 2 is 1.78 bits per heavy atom. The Morgan fingerprint density at radius 3 is 2.43 bits per heavy atom. The Kier molecular flexibility index (Phi) is 5.54. The van der Waals surface area contributed by atoms with Crippen LogP contribution in [0.3, 0.4) is 0 Å². The van der Waals surface area contributed by atoms with Gasteiger partial charge in [0, 0.05) is 31.6 Å². The van der Waals surface area contributed by atoms with Gasteiger partial charge in [0.2, 0.25) is 0 Å². The minimum atomic E-state index is -0.682. The van der Waals surface area contributed by atoms with Crippen LogP contribution in [0.1, 0.15) is 25.7 Å². The van der Waals surface area contributed by atoms with Crippen LogP contribution in [-0.2, 0) is 13.6 Å². The second kappa shape index (κ2) is 7.41. The summed E-state index contributed by atoms with van der Waals surface area (Å²) in [6.07, 6.45) is 3.53. The molecule has 0 atom stereocenters. The van der Waals surface area contributed by atoms with Crippen molar-refractivity contribution >= 4 is 28.3 Å². The van der Waals surface area contributed by atoms with Gasteiger partial charge < -0.3 is 9.13 Å². The van der Waals surface area contributed by atoms with Crippen LogP contribution in [0.5, 0.6) is 0 Å². The van der Waals surface area contributed by atoms with Gasteiger partial charge in [0.15, 0.2) is 0 Å². The standard InChI is InChI=1S/C15H18ClN3O4/c1-17-13-10-11(19(22)23)6-7-12(13)18(15(21)14(17)20)9-5-3-2-4-8-16/h6-7,10H,2-5,8-9H2,1H3. The van der Waals surface area contributed by atoms with E-state index in [-0.39, 0.29) is 5.69 Å². The molecule has 8 heteroatoms. The molecule has 1 aromatic heterocycles. The maximum absolute atomic E-state index is 12.2. The molecule has 0 radical (unpaired) electrons. The van der Waals surface area contributed by atoms with E-state index >= 15 is 0 Å². The van der Waals surface area contributed by atoms with Gasteiger partial charge in [-0.3, -0.25) is 19.7 Å². The van der Waals surface area contributed by atoms with Crippen LogP contribution < -0.4 is 11.1 Å². The summed E-state index contributed by atoms with van der Waals surface area (Å²) in [4.78, 5) is 34.7. The number of nitro groups is 1. The topological polar surface area (TPSA) is 87.1 Å². The molecule has 0 bridgehead atoms. The number of aryl methyl sites for hydroxylation is 2. The molecule has 0 saturated carbocycles. The lowest BCUT2D eigenvalue weighted by Gasteiger charge is -2.12. The molecule has 0 spiro atoms. The van der Waals surface area contributed by atoms with Gasteiger partial charge in [-0.25, -0.2) is 0 Å². The number of rotatable bonds is 7. The predicted molar refractivity (Wildman–Crippen MR) is 89.3 cm³/mol. The quantitative estimate of drug-likeness (QED) is 0.255. The zero-order valence-electron chi connectivity index (χ0n) is 12.8. The van der Waals surface area contributed by atoms with Crippen LogP contribution in [0.2, 0.25) is 0 Å². The number of non-ortho nitro benzene ring substituents is 1. The molecule has 0 unspecified atom stereocenters. The van der Waals surface area contributed by atoms with Gasteiger partial charge in [0.05, 0.1) is 16.0 Å². The van der Waals surface area contributed by atoms with E-state index in [4.69, 9.17) is 11.6 Å². The van der Waals surface area contributed by atoms with Gasteiger partial charge in [-0.1, -0.05) is 12.8 Å². The number of hydrogen-bond acceptors (Lipinski definition) is 4. The van der Waals surface area contributed by atoms with E-state index in [9.17, 15) is 19.7 Å². The van der Waals surface area contributed by atoms with Crippen LogP contribution in [0.15, 0.2) is 27.8 Å². The first kappa shape index (κ1) is 17.2. The Labute approximate surface area is 137 Å². The number of alkyl halides is 1. The van der Waals surface area contributed by atoms with Crippen molar-refractivity contribution in [3.05, 3.63) is 49.0 Å². The van der Waals surface area contributed by atoms with Crippen molar-refractivity contribution in [2.24, 2.45) is 7.05 Å². The van der Waals surface area contributed by atoms with Gasteiger partial charge in [0.25, 0.3) is 5.69 Å². The third kappa shape index (κ3) is 3.61. The number of halogens is 1. The van der Waals surface area contributed by atoms with E-state index < -0.39 is 16.0 Å². The minimum absolute atomic E-state index is 0.111. The molecule has 0 fully saturated rings. The van der Waals surface area contributed by atoms with Crippen molar-refractivity contribution in [2.45, 2.75) is 32.2 Å². The van der Waals surface area contributed by atoms with Crippen LogP contribution in [0, 0.1) is 10.1 Å². The Balaban J connectivity index is 2.45. The second-order valence-electron chi connectivity index (χ2n) is 5.35. The SMILES string of the molecule is Cn1c(=O)c(=O)n(CCCCCCCl)c2ccc([N+](=O)[O-])cc21. The van der Waals surface area contributed by atoms with Crippen LogP contribution in [0.25, 0.3) is 11.0 Å². The van der Waals surface area contributed by atoms with Gasteiger partial charge in [-0.05, 0) is 18.9 Å². The highest BCUT2D eigenvalue weighted by atomic mass is 35.5. The lowest BCUT2D eigenvalue weighted by molar-refractivity contribution is -0.384. The molecule has 1 aromatic carbocycles. The smallest absolute Gasteiger partial charge is 0.305 e. The summed E-state index contributed by atoms with van der Waals surface area (Å²) in [6, 6.07) is 4.18. The second-order valence-corrected chi connectivity index (χ2v) is 5.73. The van der Waals surface area contributed by atoms with Gasteiger partial charge >= 0.3 is 11.1 Å². The third-order valence-electron chi connectivity index (χ3n) is 3.82. The molecule has 124 valence electrons. The molecule has 0 amide bonds. The van der Waals surface area contributed by atoms with Gasteiger partial charge in [0.1, 0.15) is 0 Å². The van der Waals surface area contributed by atoms with Gasteiger partial charge in [-0.2, -0.15) is 0 Å². The molecule has 7 nitrogen and oxygen atoms in total. The number of fused-ring (bicyclic) bond motifs is 1. The van der Waals surface area contributed by atoms with E-state index in [0.717, 1.165) is 30.3 Å². The average Bonchev–Trinajstić information content (AvgIpc) is 2.54. The molecule has 0 aliphatic carbocycles. The largest absolute Gasteiger partial charge is 0.316 e. The summed E-state index contributed by atoms with van der Waals surface area (Å²) in [7, 11) is 1.45. The fourth-order valence-corrected chi connectivity index (χ4v) is 2.73. The normalized spacial score (nSPS) is 11.0. The van der Waals surface area contributed by atoms with E-state index in [1.165, 1.54) is 29.8 Å². The number of hydrogen-bond donors (Lipinski definition) is 0. The van der Waals surface area contributed by atoms with Crippen molar-refractivity contribution in [1.29, 1.82) is 0 Å². The summed E-state index contributed by atoms with van der Waals surface area (Å²) < 4.78 is 2.57. The molecule has 1 heterocycles. The molecule has 0 saturated heterocycles. The number of nitrogens with zero attached hydrogens (tertiary/aromatic N) is 3. The number of unbranched alkanes of at least 4 members (excludes halogenated alkanes) is 3. The highest BCUT2D eigenvalue weighted by Crippen LogP contribution is 2.19. The lowest BCUT2D eigenvalue weighted by Crippen LogP contribution is -2.40. The van der Waals surface area contributed by atoms with Gasteiger partial charge in [-0.15, -0.1) is 11.6 Å². The molecular weight excluding hydrogens is 322 g/mol. The molecule has 0 N–H and O–H groups in total. The van der Waals surface area contributed by atoms with Crippen LogP contribution in [0.4, 0.5) is 5.69 Å². The minimum Gasteiger partial charge on any atom is -0.305 e. The van der Waals surface area contributed by atoms with Crippen molar-refractivity contribution in [1.82, 2.24) is 9.13 Å². The van der Waals surface area contributed by atoms with Crippen molar-refractivity contribution in [2.75, 3.05) is 5.88 Å². The van der Waals surface area contributed by atoms with Crippen molar-refractivity contribution in [3.63, 3.8) is 0 Å². The Morgan fingerprint density at radius 1 is 1.09 bits per heavy atom. The Bertz CT molecular complexity index is 841. The number of nitro benzene ring substituents is 1. The summed E-state index contributed by atoms with van der Waals surface area (Å²) >= 11 is 5.63. The average molecular weight is 340 g/mol. The summed E-state index contributed by atoms with van der Waals surface area (Å²) in [5.41, 5.74) is -0.491. The lowest BCUT2D eigenvalue weighted by atomic mass is 10.2. The summed E-state index contributed by atoms with van der Waals surface area (Å²) in [6.45, 7) is 0.408. The van der Waals surface area contributed by atoms with Crippen LogP contribution >= 0.6 is 11.6 Å². The molecule has 0 aliphatic heterocycles. The molecule has 2 rings (SSSR count). The molecular formula is C15H18ClN3O4. The van der Waals surface area contributed by atoms with Crippen molar-refractivity contribution in [3.8, 4) is 0 Å². The fraction of sp³-hybridized carbons (Fsp3) is 0.467. The molecule has 0 aliphatic rings. The van der Waals surface area contributed by atoms with E-state index in [2.05, 4.69) is 0 Å².